The van der Waals surface area contributed by atoms with E-state index in [-0.39, 0.29) is 45.0 Å². The second-order valence-corrected chi connectivity index (χ2v) is 20.7. The third-order valence-corrected chi connectivity index (χ3v) is 15.7. The van der Waals surface area contributed by atoms with Crippen molar-refractivity contribution in [1.29, 1.82) is 0 Å². The average Bonchev–Trinajstić information content (AvgIpc) is 4.01. The van der Waals surface area contributed by atoms with Gasteiger partial charge < -0.3 is 16.1 Å². The van der Waals surface area contributed by atoms with Crippen molar-refractivity contribution in [3.8, 4) is 0 Å². The number of likely N-dealkylation sites (N-methyl/N-ethyl adjacent to an activating group) is 1. The number of carbonyl (C=O) groups is 2. The molecule has 16 nitrogen and oxygen atoms in total. The molecule has 0 unspecified atom stereocenters. The molecule has 0 radical (unpaired) electrons. The van der Waals surface area contributed by atoms with Gasteiger partial charge in [-0.2, -0.15) is 35.2 Å². The fourth-order valence-electron chi connectivity index (χ4n) is 8.13. The number of amides is 2. The minimum absolute atomic E-state index is 0. The molecule has 0 saturated carbocycles. The highest BCUT2D eigenvalue weighted by Gasteiger charge is 2.37. The van der Waals surface area contributed by atoms with Gasteiger partial charge >= 0.3 is 0 Å². The highest BCUT2D eigenvalue weighted by atomic mass is 32.2. The summed E-state index contributed by atoms with van der Waals surface area (Å²) in [6, 6.07) is 28.2. The summed E-state index contributed by atoms with van der Waals surface area (Å²) >= 11 is 0. The summed E-state index contributed by atoms with van der Waals surface area (Å²) in [6.07, 6.45) is 4.67. The predicted octanol–water partition coefficient (Wildman–Crippen LogP) is 5.32. The van der Waals surface area contributed by atoms with Gasteiger partial charge in [0.2, 0.25) is 0 Å². The molecule has 0 fully saturated rings. The lowest BCUT2D eigenvalue weighted by Crippen LogP contribution is -2.37. The Morgan fingerprint density at radius 2 is 1.01 bits per heavy atom. The van der Waals surface area contributed by atoms with E-state index in [1.165, 1.54) is 4.90 Å². The van der Waals surface area contributed by atoms with Crippen molar-refractivity contribution >= 4 is 53.7 Å². The largest absolute Gasteiger partial charge is 0.412 e. The normalized spacial score (nSPS) is 13.5. The van der Waals surface area contributed by atoms with Crippen LogP contribution < -0.4 is 17.4 Å². The number of fused-ring (bicyclic) bond motifs is 3. The molecule has 0 bridgehead atoms. The number of benzene rings is 5. The van der Waals surface area contributed by atoms with Gasteiger partial charge in [0.15, 0.2) is 0 Å². The lowest BCUT2D eigenvalue weighted by molar-refractivity contribution is 0.0614. The fraction of sp³-hybridized carbons (Fsp3) is 0.306. The van der Waals surface area contributed by atoms with Crippen molar-refractivity contribution in [2.45, 2.75) is 70.2 Å². The lowest BCUT2D eigenvalue weighted by atomic mass is 9.86. The quantitative estimate of drug-likeness (QED) is 0.0755. The van der Waals surface area contributed by atoms with E-state index in [0.717, 1.165) is 58.7 Å². The average molecular weight is 952 g/mol. The number of rotatable bonds is 13. The van der Waals surface area contributed by atoms with Gasteiger partial charge in [0, 0.05) is 29.9 Å². The summed E-state index contributed by atoms with van der Waals surface area (Å²) in [6.45, 7) is 12.9. The molecule has 7 aromatic rings. The van der Waals surface area contributed by atoms with E-state index in [4.69, 9.17) is 5.73 Å². The molecule has 0 spiro atoms. The SMILES string of the molecule is Cc1ccc(S(=O)(=O)n2ncc3c(C)c(C[C@@H](CN)N(C)C)ccc32)cc1.Cc1ccc(S(=O)(=O)n2ncc3c(C)c(C[C@@H](CN4C(=O)c5ccccc5C4=O)C(C)C)ccc32)cc1.NN.O. The predicted molar refractivity (Wildman–Crippen MR) is 263 cm³/mol. The fourth-order valence-corrected chi connectivity index (χ4v) is 10.7. The second kappa shape index (κ2) is 21.2. The minimum Gasteiger partial charge on any atom is -0.412 e. The molecule has 0 aliphatic carbocycles. The number of nitrogens with zero attached hydrogens (tertiary/aromatic N) is 6. The smallest absolute Gasteiger partial charge is 0.283 e. The Hall–Kier alpha value is -6.12. The Morgan fingerprint density at radius 3 is 1.39 bits per heavy atom. The molecule has 2 atom stereocenters. The molecule has 8 N–H and O–H groups in total. The van der Waals surface area contributed by atoms with Crippen LogP contribution in [0, 0.1) is 39.5 Å². The molecule has 3 heterocycles. The first-order chi connectivity index (χ1) is 31.3. The summed E-state index contributed by atoms with van der Waals surface area (Å²) in [5.41, 5.74) is 14.1. The summed E-state index contributed by atoms with van der Waals surface area (Å²) in [5.74, 6) is 7.75. The van der Waals surface area contributed by atoms with Gasteiger partial charge in [0.1, 0.15) is 0 Å². The maximum absolute atomic E-state index is 13.3. The zero-order valence-electron chi connectivity index (χ0n) is 39.1. The Kier molecular flexibility index (Phi) is 16.4. The summed E-state index contributed by atoms with van der Waals surface area (Å²) in [7, 11) is -3.54. The van der Waals surface area contributed by atoms with Crippen LogP contribution in [0.15, 0.2) is 119 Å². The number of aromatic nitrogens is 4. The highest BCUT2D eigenvalue weighted by Crippen LogP contribution is 2.31. The van der Waals surface area contributed by atoms with Crippen molar-refractivity contribution in [1.82, 2.24) is 28.2 Å². The highest BCUT2D eigenvalue weighted by molar-refractivity contribution is 7.90. The van der Waals surface area contributed by atoms with Gasteiger partial charge in [-0.25, -0.2) is 0 Å². The van der Waals surface area contributed by atoms with E-state index in [2.05, 4.69) is 40.6 Å². The number of carbonyl (C=O) groups excluding carboxylic acids is 2. The molecule has 5 aromatic carbocycles. The number of nitrogens with two attached hydrogens (primary N) is 3. The van der Waals surface area contributed by atoms with E-state index in [1.807, 2.05) is 60.0 Å². The number of aryl methyl sites for hydroxylation is 4. The third kappa shape index (κ3) is 10.4. The second-order valence-electron chi connectivity index (χ2n) is 17.2. The summed E-state index contributed by atoms with van der Waals surface area (Å²) < 4.78 is 54.7. The van der Waals surface area contributed by atoms with Crippen molar-refractivity contribution in [3.05, 3.63) is 154 Å². The number of imide groups is 1. The summed E-state index contributed by atoms with van der Waals surface area (Å²) in [5, 5.41) is 10.0. The monoisotopic (exact) mass is 951 g/mol. The van der Waals surface area contributed by atoms with E-state index in [1.54, 1.807) is 91.3 Å². The Bertz CT molecular complexity index is 3080. The van der Waals surface area contributed by atoms with Gasteiger partial charge in [0.25, 0.3) is 31.9 Å². The van der Waals surface area contributed by atoms with Gasteiger partial charge in [-0.1, -0.05) is 73.5 Å². The topological polar surface area (TPSA) is 254 Å². The van der Waals surface area contributed by atoms with Crippen LogP contribution in [-0.2, 0) is 32.9 Å². The molecular formula is C49H61N9O7S2. The van der Waals surface area contributed by atoms with Crippen LogP contribution in [0.2, 0.25) is 0 Å². The Labute approximate surface area is 392 Å². The first-order valence-corrected chi connectivity index (χ1v) is 24.4. The van der Waals surface area contributed by atoms with Gasteiger partial charge in [-0.3, -0.25) is 26.2 Å². The van der Waals surface area contributed by atoms with Crippen LogP contribution >= 0.6 is 0 Å². The van der Waals surface area contributed by atoms with Gasteiger partial charge in [0.05, 0.1) is 44.3 Å². The van der Waals surface area contributed by atoms with Crippen molar-refractivity contribution < 1.29 is 31.9 Å². The molecule has 8 rings (SSSR count). The molecule has 1 aliphatic heterocycles. The third-order valence-electron chi connectivity index (χ3n) is 12.5. The van der Waals surface area contributed by atoms with E-state index in [9.17, 15) is 26.4 Å². The molecule has 2 aromatic heterocycles. The molecule has 356 valence electrons. The maximum atomic E-state index is 13.3. The van der Waals surface area contributed by atoms with Crippen LogP contribution in [0.25, 0.3) is 21.8 Å². The standard InChI is InChI=1S/C29H29N3O4S.C20H26N4O2S.H4N2.H2O/c1-18(2)22(17-31-28(33)24-7-5-6-8-25(24)29(31)34)15-21-11-14-27-26(20(21)4)16-30-32(27)37(35,36)23-12-9-19(3)10-13-23;1-14-5-8-18(9-6-14)27(25,26)24-20-10-7-16(11-17(12-21)23(3)4)15(2)19(20)13-22-24;1-2;/h5-14,16,18,22H,15,17H2,1-4H3;5-10,13,17H,11-12,21H2,1-4H3;1-2H2;1H2/t22-;17-;;/m00../s1. The minimum atomic E-state index is -3.84. The van der Waals surface area contributed by atoms with Crippen molar-refractivity contribution in [2.24, 2.45) is 29.3 Å². The zero-order chi connectivity index (χ0) is 48.2. The van der Waals surface area contributed by atoms with E-state index < -0.39 is 20.0 Å². The lowest BCUT2D eigenvalue weighted by Gasteiger charge is -2.26. The summed E-state index contributed by atoms with van der Waals surface area (Å²) in [4.78, 5) is 29.7. The first-order valence-electron chi connectivity index (χ1n) is 21.6. The van der Waals surface area contributed by atoms with E-state index in [0.29, 0.717) is 41.7 Å². The maximum Gasteiger partial charge on any atom is 0.283 e. The Morgan fingerprint density at radius 1 is 0.612 bits per heavy atom. The van der Waals surface area contributed by atoms with Crippen LogP contribution in [0.5, 0.6) is 0 Å². The van der Waals surface area contributed by atoms with Gasteiger partial charge in [-0.05, 0) is 137 Å². The van der Waals surface area contributed by atoms with Crippen molar-refractivity contribution in [3.63, 3.8) is 0 Å². The van der Waals surface area contributed by atoms with E-state index >= 15 is 0 Å². The Balaban J connectivity index is 0.000000249. The van der Waals surface area contributed by atoms with Crippen LogP contribution in [-0.4, -0.2) is 95.5 Å². The number of hydrogen-bond donors (Lipinski definition) is 3. The number of hydrogen-bond acceptors (Lipinski definition) is 12. The van der Waals surface area contributed by atoms with Crippen molar-refractivity contribution in [2.75, 3.05) is 27.2 Å². The van der Waals surface area contributed by atoms with Crippen LogP contribution in [0.1, 0.15) is 67.9 Å². The van der Waals surface area contributed by atoms with Crippen LogP contribution in [0.4, 0.5) is 0 Å². The molecule has 0 saturated heterocycles. The molecule has 1 aliphatic rings. The number of hydrazine groups is 1. The molecule has 2 amide bonds. The van der Waals surface area contributed by atoms with Crippen LogP contribution in [0.3, 0.4) is 0 Å². The first kappa shape index (κ1) is 51.9. The molecule has 18 heteroatoms. The zero-order valence-corrected chi connectivity index (χ0v) is 40.8. The molecule has 67 heavy (non-hydrogen) atoms. The van der Waals surface area contributed by atoms with Gasteiger partial charge in [-0.15, -0.1) is 0 Å². The molecular weight excluding hydrogens is 891 g/mol.